The predicted octanol–water partition coefficient (Wildman–Crippen LogP) is 6.84. The quantitative estimate of drug-likeness (QED) is 0.294. The highest BCUT2D eigenvalue weighted by Crippen LogP contribution is 2.44. The third-order valence-electron chi connectivity index (χ3n) is 5.01. The van der Waals surface area contributed by atoms with Crippen LogP contribution < -0.4 is 0 Å². The van der Waals surface area contributed by atoms with Crippen molar-refractivity contribution < 1.29 is 0 Å². The van der Waals surface area contributed by atoms with Gasteiger partial charge in [-0.3, -0.25) is 0 Å². The molecule has 6 rings (SSSR count). The Kier molecular flexibility index (Phi) is 2.29. The van der Waals surface area contributed by atoms with Crippen molar-refractivity contribution in [1.29, 1.82) is 0 Å². The Morgan fingerprint density at radius 3 is 1.92 bits per heavy atom. The standard InChI is InChI=1S/C22H13NS/c1-3-9-15-13(7-1)14-8-2-4-10-16(14)20-19(15)22-21(23-20)17-11-5-6-12-18(17)24-22/h1-12,23H. The number of aromatic nitrogens is 1. The summed E-state index contributed by atoms with van der Waals surface area (Å²) >= 11 is 1.89. The summed E-state index contributed by atoms with van der Waals surface area (Å²) in [5.74, 6) is 0. The van der Waals surface area contributed by atoms with Crippen LogP contribution in [0.2, 0.25) is 0 Å². The van der Waals surface area contributed by atoms with Gasteiger partial charge in [0.25, 0.3) is 0 Å². The first-order valence-electron chi connectivity index (χ1n) is 8.14. The van der Waals surface area contributed by atoms with Crippen LogP contribution in [0.25, 0.3) is 52.8 Å². The highest BCUT2D eigenvalue weighted by molar-refractivity contribution is 7.26. The van der Waals surface area contributed by atoms with Crippen LogP contribution in [0.1, 0.15) is 0 Å². The largest absolute Gasteiger partial charge is 0.353 e. The fraction of sp³-hybridized carbons (Fsp3) is 0. The topological polar surface area (TPSA) is 15.8 Å². The van der Waals surface area contributed by atoms with E-state index in [-0.39, 0.29) is 0 Å². The molecule has 0 aliphatic rings. The van der Waals surface area contributed by atoms with Crippen molar-refractivity contribution in [3.8, 4) is 0 Å². The van der Waals surface area contributed by atoms with Gasteiger partial charge in [-0.15, -0.1) is 11.3 Å². The second kappa shape index (κ2) is 4.37. The molecule has 0 spiro atoms. The molecular formula is C22H13NS. The average Bonchev–Trinajstić information content (AvgIpc) is 3.18. The molecule has 2 heterocycles. The van der Waals surface area contributed by atoms with E-state index in [4.69, 9.17) is 0 Å². The van der Waals surface area contributed by atoms with Gasteiger partial charge in [0.05, 0.1) is 15.7 Å². The van der Waals surface area contributed by atoms with Crippen molar-refractivity contribution in [2.24, 2.45) is 0 Å². The highest BCUT2D eigenvalue weighted by atomic mass is 32.1. The van der Waals surface area contributed by atoms with Crippen LogP contribution in [0, 0.1) is 0 Å². The zero-order valence-corrected chi connectivity index (χ0v) is 13.7. The second-order valence-electron chi connectivity index (χ2n) is 6.27. The molecule has 0 bridgehead atoms. The van der Waals surface area contributed by atoms with Gasteiger partial charge in [0.2, 0.25) is 0 Å². The molecule has 1 N–H and O–H groups in total. The molecule has 0 unspecified atom stereocenters. The van der Waals surface area contributed by atoms with Gasteiger partial charge in [-0.1, -0.05) is 66.7 Å². The van der Waals surface area contributed by atoms with Crippen molar-refractivity contribution >= 4 is 64.1 Å². The molecule has 24 heavy (non-hydrogen) atoms. The van der Waals surface area contributed by atoms with E-state index < -0.39 is 0 Å². The maximum absolute atomic E-state index is 3.75. The highest BCUT2D eigenvalue weighted by Gasteiger charge is 2.16. The molecule has 0 fully saturated rings. The van der Waals surface area contributed by atoms with E-state index in [1.165, 1.54) is 52.8 Å². The summed E-state index contributed by atoms with van der Waals surface area (Å²) in [6.45, 7) is 0. The lowest BCUT2D eigenvalue weighted by atomic mass is 9.98. The van der Waals surface area contributed by atoms with E-state index >= 15 is 0 Å². The fourth-order valence-corrected chi connectivity index (χ4v) is 5.20. The van der Waals surface area contributed by atoms with Crippen LogP contribution in [0.4, 0.5) is 0 Å². The number of thiophene rings is 1. The van der Waals surface area contributed by atoms with Crippen LogP contribution in [0.5, 0.6) is 0 Å². The van der Waals surface area contributed by atoms with Gasteiger partial charge in [-0.2, -0.15) is 0 Å². The Balaban J connectivity index is 2.02. The summed E-state index contributed by atoms with van der Waals surface area (Å²) in [4.78, 5) is 3.75. The third-order valence-corrected chi connectivity index (χ3v) is 6.19. The zero-order valence-electron chi connectivity index (χ0n) is 12.8. The molecule has 0 atom stereocenters. The van der Waals surface area contributed by atoms with Gasteiger partial charge >= 0.3 is 0 Å². The Morgan fingerprint density at radius 1 is 0.542 bits per heavy atom. The van der Waals surface area contributed by atoms with Gasteiger partial charge in [-0.05, 0) is 22.2 Å². The minimum atomic E-state index is 1.26. The molecular weight excluding hydrogens is 310 g/mol. The van der Waals surface area contributed by atoms with Crippen LogP contribution in [-0.4, -0.2) is 4.98 Å². The summed E-state index contributed by atoms with van der Waals surface area (Å²) in [5, 5.41) is 7.97. The number of benzene rings is 4. The molecule has 112 valence electrons. The number of nitrogens with one attached hydrogen (secondary N) is 1. The predicted molar refractivity (Wildman–Crippen MR) is 106 cm³/mol. The number of aromatic amines is 1. The fourth-order valence-electron chi connectivity index (χ4n) is 3.98. The molecule has 0 aliphatic heterocycles. The van der Waals surface area contributed by atoms with Crippen molar-refractivity contribution in [2.75, 3.05) is 0 Å². The first kappa shape index (κ1) is 12.6. The first-order chi connectivity index (χ1) is 11.9. The average molecular weight is 323 g/mol. The van der Waals surface area contributed by atoms with E-state index in [2.05, 4.69) is 77.8 Å². The van der Waals surface area contributed by atoms with Gasteiger partial charge in [0.1, 0.15) is 0 Å². The lowest BCUT2D eigenvalue weighted by Gasteiger charge is -2.06. The van der Waals surface area contributed by atoms with Gasteiger partial charge in [0, 0.05) is 20.9 Å². The maximum Gasteiger partial charge on any atom is 0.0654 e. The normalized spacial score (nSPS) is 12.2. The van der Waals surface area contributed by atoms with Crippen molar-refractivity contribution in [2.45, 2.75) is 0 Å². The van der Waals surface area contributed by atoms with E-state index in [0.29, 0.717) is 0 Å². The van der Waals surface area contributed by atoms with Crippen LogP contribution in [0.15, 0.2) is 72.8 Å². The summed E-state index contributed by atoms with van der Waals surface area (Å²) in [5.41, 5.74) is 2.53. The van der Waals surface area contributed by atoms with E-state index in [1.54, 1.807) is 0 Å². The molecule has 0 amide bonds. The summed E-state index contributed by atoms with van der Waals surface area (Å²) < 4.78 is 2.71. The third kappa shape index (κ3) is 1.44. The van der Waals surface area contributed by atoms with E-state index in [1.807, 2.05) is 11.3 Å². The Hall–Kier alpha value is -2.84. The van der Waals surface area contributed by atoms with Crippen LogP contribution in [0.3, 0.4) is 0 Å². The van der Waals surface area contributed by atoms with Gasteiger partial charge < -0.3 is 4.98 Å². The van der Waals surface area contributed by atoms with Crippen LogP contribution >= 0.6 is 11.3 Å². The van der Waals surface area contributed by atoms with Crippen molar-refractivity contribution in [1.82, 2.24) is 4.98 Å². The molecule has 2 aromatic heterocycles. The number of hydrogen-bond donors (Lipinski definition) is 1. The lowest BCUT2D eigenvalue weighted by molar-refractivity contribution is 1.59. The van der Waals surface area contributed by atoms with Gasteiger partial charge in [0.15, 0.2) is 0 Å². The number of fused-ring (bicyclic) bond motifs is 10. The Morgan fingerprint density at radius 2 is 1.12 bits per heavy atom. The molecule has 4 aromatic carbocycles. The molecule has 1 nitrogen and oxygen atoms in total. The molecule has 0 radical (unpaired) electrons. The zero-order chi connectivity index (χ0) is 15.7. The summed E-state index contributed by atoms with van der Waals surface area (Å²) in [6, 6.07) is 26.1. The monoisotopic (exact) mass is 323 g/mol. The smallest absolute Gasteiger partial charge is 0.0654 e. The van der Waals surface area contributed by atoms with Gasteiger partial charge in [-0.25, -0.2) is 0 Å². The minimum absolute atomic E-state index is 1.26. The molecule has 2 heteroatoms. The number of hydrogen-bond acceptors (Lipinski definition) is 1. The minimum Gasteiger partial charge on any atom is -0.353 e. The maximum atomic E-state index is 3.75. The van der Waals surface area contributed by atoms with E-state index in [0.717, 1.165) is 0 Å². The van der Waals surface area contributed by atoms with Crippen molar-refractivity contribution in [3.63, 3.8) is 0 Å². The Bertz CT molecular complexity index is 1400. The van der Waals surface area contributed by atoms with Crippen molar-refractivity contribution in [3.05, 3.63) is 72.8 Å². The number of H-pyrrole nitrogens is 1. The summed E-state index contributed by atoms with van der Waals surface area (Å²) in [7, 11) is 0. The summed E-state index contributed by atoms with van der Waals surface area (Å²) in [6.07, 6.45) is 0. The van der Waals surface area contributed by atoms with Crippen LogP contribution in [-0.2, 0) is 0 Å². The van der Waals surface area contributed by atoms with E-state index in [9.17, 15) is 0 Å². The molecule has 6 aromatic rings. The number of rotatable bonds is 0. The lowest BCUT2D eigenvalue weighted by Crippen LogP contribution is -1.80. The molecule has 0 saturated carbocycles. The second-order valence-corrected chi connectivity index (χ2v) is 7.32. The SMILES string of the molecule is c1ccc2c(c1)sc1c2[nH]c2c3ccccc3c3ccccc3c21. The Labute approximate surface area is 142 Å². The first-order valence-corrected chi connectivity index (χ1v) is 8.96. The molecule has 0 saturated heterocycles. The molecule has 0 aliphatic carbocycles.